The van der Waals surface area contributed by atoms with E-state index in [1.54, 1.807) is 24.3 Å². The topological polar surface area (TPSA) is 57.6 Å². The van der Waals surface area contributed by atoms with Gasteiger partial charge in [0.25, 0.3) is 5.91 Å². The molecule has 0 atom stereocenters. The van der Waals surface area contributed by atoms with Crippen molar-refractivity contribution in [1.82, 2.24) is 4.90 Å². The first-order chi connectivity index (χ1) is 7.02. The quantitative estimate of drug-likeness (QED) is 0.758. The van der Waals surface area contributed by atoms with Crippen LogP contribution in [0.1, 0.15) is 10.4 Å². The summed E-state index contributed by atoms with van der Waals surface area (Å²) < 4.78 is 0. The summed E-state index contributed by atoms with van der Waals surface area (Å²) in [4.78, 5) is 23.8. The summed E-state index contributed by atoms with van der Waals surface area (Å²) in [5.41, 5.74) is 0.407. The smallest absolute Gasteiger partial charge is 0.323 e. The van der Waals surface area contributed by atoms with Gasteiger partial charge in [-0.15, -0.1) is 12.6 Å². The van der Waals surface area contributed by atoms with Gasteiger partial charge in [0.15, 0.2) is 0 Å². The second-order valence-corrected chi connectivity index (χ2v) is 3.55. The summed E-state index contributed by atoms with van der Waals surface area (Å²) in [7, 11) is 1.44. The monoisotopic (exact) mass is 225 g/mol. The average molecular weight is 225 g/mol. The molecule has 0 saturated heterocycles. The van der Waals surface area contributed by atoms with Crippen molar-refractivity contribution < 1.29 is 14.7 Å². The van der Waals surface area contributed by atoms with Gasteiger partial charge in [-0.25, -0.2) is 0 Å². The highest BCUT2D eigenvalue weighted by atomic mass is 32.1. The van der Waals surface area contributed by atoms with Crippen LogP contribution in [-0.2, 0) is 4.79 Å². The van der Waals surface area contributed by atoms with Crippen molar-refractivity contribution in [2.75, 3.05) is 13.6 Å². The fraction of sp³-hybridized carbons (Fsp3) is 0.200. The molecule has 0 radical (unpaired) electrons. The molecule has 1 amide bonds. The lowest BCUT2D eigenvalue weighted by Gasteiger charge is -2.15. The predicted octanol–water partition coefficient (Wildman–Crippen LogP) is 1.13. The van der Waals surface area contributed by atoms with Gasteiger partial charge in [0.2, 0.25) is 0 Å². The maximum Gasteiger partial charge on any atom is 0.323 e. The number of rotatable bonds is 3. The Hall–Kier alpha value is -1.49. The van der Waals surface area contributed by atoms with E-state index in [0.717, 1.165) is 4.90 Å². The first-order valence-corrected chi connectivity index (χ1v) is 4.72. The summed E-state index contributed by atoms with van der Waals surface area (Å²) in [6.07, 6.45) is 0. The number of likely N-dealkylation sites (N-methyl/N-ethyl adjacent to an activating group) is 1. The largest absolute Gasteiger partial charge is 0.480 e. The van der Waals surface area contributed by atoms with Crippen molar-refractivity contribution >= 4 is 24.5 Å². The van der Waals surface area contributed by atoms with E-state index >= 15 is 0 Å². The third-order valence-corrected chi connectivity index (χ3v) is 2.24. The first kappa shape index (κ1) is 11.6. The van der Waals surface area contributed by atoms with Gasteiger partial charge in [-0.3, -0.25) is 9.59 Å². The van der Waals surface area contributed by atoms with Crippen molar-refractivity contribution in [2.24, 2.45) is 0 Å². The lowest BCUT2D eigenvalue weighted by atomic mass is 10.2. The molecule has 0 fully saturated rings. The van der Waals surface area contributed by atoms with Crippen LogP contribution in [0.15, 0.2) is 29.2 Å². The highest BCUT2D eigenvalue weighted by Gasteiger charge is 2.15. The standard InChI is InChI=1S/C10H11NO3S/c1-11(6-9(12)13)10(14)7-4-2-3-5-8(7)15/h2-5,15H,6H2,1H3,(H,12,13). The number of carbonyl (C=O) groups excluding carboxylic acids is 1. The van der Waals surface area contributed by atoms with Crippen LogP contribution in [-0.4, -0.2) is 35.5 Å². The molecule has 4 nitrogen and oxygen atoms in total. The molecule has 0 spiro atoms. The number of nitrogens with zero attached hydrogens (tertiary/aromatic N) is 1. The average Bonchev–Trinajstić information content (AvgIpc) is 2.16. The fourth-order valence-corrected chi connectivity index (χ4v) is 1.39. The maximum atomic E-state index is 11.7. The molecule has 80 valence electrons. The predicted molar refractivity (Wildman–Crippen MR) is 58.3 cm³/mol. The second-order valence-electron chi connectivity index (χ2n) is 3.07. The summed E-state index contributed by atoms with van der Waals surface area (Å²) >= 11 is 4.13. The lowest BCUT2D eigenvalue weighted by Crippen LogP contribution is -2.32. The Morgan fingerprint density at radius 3 is 2.53 bits per heavy atom. The van der Waals surface area contributed by atoms with Crippen LogP contribution in [0.2, 0.25) is 0 Å². The Kier molecular flexibility index (Phi) is 3.74. The van der Waals surface area contributed by atoms with E-state index in [-0.39, 0.29) is 12.5 Å². The van der Waals surface area contributed by atoms with E-state index in [9.17, 15) is 9.59 Å². The number of hydrogen-bond donors (Lipinski definition) is 2. The molecule has 1 aromatic carbocycles. The van der Waals surface area contributed by atoms with Gasteiger partial charge in [-0.1, -0.05) is 12.1 Å². The van der Waals surface area contributed by atoms with Gasteiger partial charge < -0.3 is 10.0 Å². The molecule has 0 heterocycles. The molecular weight excluding hydrogens is 214 g/mol. The van der Waals surface area contributed by atoms with E-state index in [2.05, 4.69) is 12.6 Å². The minimum atomic E-state index is -1.04. The number of aliphatic carboxylic acids is 1. The number of hydrogen-bond acceptors (Lipinski definition) is 3. The molecule has 1 N–H and O–H groups in total. The minimum absolute atomic E-state index is 0.319. The van der Waals surface area contributed by atoms with Gasteiger partial charge in [0.1, 0.15) is 6.54 Å². The van der Waals surface area contributed by atoms with Crippen LogP contribution >= 0.6 is 12.6 Å². The number of carboxylic acid groups (broad SMARTS) is 1. The van der Waals surface area contributed by atoms with Crippen LogP contribution in [0, 0.1) is 0 Å². The summed E-state index contributed by atoms with van der Waals surface area (Å²) in [6, 6.07) is 6.77. The number of benzene rings is 1. The second kappa shape index (κ2) is 4.84. The fourth-order valence-electron chi connectivity index (χ4n) is 1.13. The molecule has 0 aromatic heterocycles. The lowest BCUT2D eigenvalue weighted by molar-refractivity contribution is -0.137. The van der Waals surface area contributed by atoms with Crippen molar-refractivity contribution in [3.8, 4) is 0 Å². The van der Waals surface area contributed by atoms with Gasteiger partial charge in [-0.05, 0) is 12.1 Å². The zero-order chi connectivity index (χ0) is 11.4. The van der Waals surface area contributed by atoms with Crippen molar-refractivity contribution in [2.45, 2.75) is 4.90 Å². The number of thiol groups is 1. The van der Waals surface area contributed by atoms with Crippen LogP contribution in [0.3, 0.4) is 0 Å². The van der Waals surface area contributed by atoms with E-state index in [4.69, 9.17) is 5.11 Å². The number of carboxylic acids is 1. The molecule has 0 aliphatic heterocycles. The van der Waals surface area contributed by atoms with Crippen molar-refractivity contribution in [3.05, 3.63) is 29.8 Å². The van der Waals surface area contributed by atoms with Gasteiger partial charge >= 0.3 is 5.97 Å². The van der Waals surface area contributed by atoms with Crippen LogP contribution in [0.4, 0.5) is 0 Å². The molecule has 1 rings (SSSR count). The Morgan fingerprint density at radius 2 is 2.00 bits per heavy atom. The van der Waals surface area contributed by atoms with Gasteiger partial charge in [0, 0.05) is 11.9 Å². The van der Waals surface area contributed by atoms with Crippen LogP contribution in [0.5, 0.6) is 0 Å². The zero-order valence-electron chi connectivity index (χ0n) is 8.17. The molecule has 1 aromatic rings. The Morgan fingerprint density at radius 1 is 1.40 bits per heavy atom. The van der Waals surface area contributed by atoms with Crippen molar-refractivity contribution in [1.29, 1.82) is 0 Å². The van der Waals surface area contributed by atoms with Gasteiger partial charge in [-0.2, -0.15) is 0 Å². The summed E-state index contributed by atoms with van der Waals surface area (Å²) in [5.74, 6) is -1.38. The highest BCUT2D eigenvalue weighted by Crippen LogP contribution is 2.14. The number of amides is 1. The molecular formula is C10H11NO3S. The van der Waals surface area contributed by atoms with E-state index in [0.29, 0.717) is 10.5 Å². The van der Waals surface area contributed by atoms with Gasteiger partial charge in [0.05, 0.1) is 5.56 Å². The molecule has 15 heavy (non-hydrogen) atoms. The molecule has 0 aliphatic carbocycles. The minimum Gasteiger partial charge on any atom is -0.480 e. The third kappa shape index (κ3) is 2.99. The SMILES string of the molecule is CN(CC(=O)O)C(=O)c1ccccc1S. The Balaban J connectivity index is 2.85. The Labute approximate surface area is 92.9 Å². The van der Waals surface area contributed by atoms with E-state index in [1.807, 2.05) is 0 Å². The van der Waals surface area contributed by atoms with Crippen molar-refractivity contribution in [3.63, 3.8) is 0 Å². The third-order valence-electron chi connectivity index (χ3n) is 1.85. The zero-order valence-corrected chi connectivity index (χ0v) is 9.07. The van der Waals surface area contributed by atoms with Crippen LogP contribution in [0.25, 0.3) is 0 Å². The Bertz CT molecular complexity index is 392. The normalized spacial score (nSPS) is 9.73. The molecule has 0 bridgehead atoms. The molecule has 0 unspecified atom stereocenters. The summed E-state index contributed by atoms with van der Waals surface area (Å²) in [6.45, 7) is -0.319. The van der Waals surface area contributed by atoms with E-state index < -0.39 is 5.97 Å². The maximum absolute atomic E-state index is 11.7. The summed E-state index contributed by atoms with van der Waals surface area (Å²) in [5, 5.41) is 8.54. The molecule has 0 saturated carbocycles. The molecule has 0 aliphatic rings. The highest BCUT2D eigenvalue weighted by molar-refractivity contribution is 7.80. The number of carbonyl (C=O) groups is 2. The van der Waals surface area contributed by atoms with Crippen LogP contribution < -0.4 is 0 Å². The van der Waals surface area contributed by atoms with E-state index in [1.165, 1.54) is 7.05 Å². The first-order valence-electron chi connectivity index (χ1n) is 4.27. The molecule has 5 heteroatoms.